The number of hydrogen-bond acceptors (Lipinski definition) is 6. The molecule has 2 aromatic rings. The fourth-order valence-corrected chi connectivity index (χ4v) is 2.45. The van der Waals surface area contributed by atoms with Crippen molar-refractivity contribution >= 4 is 23.0 Å². The Balaban J connectivity index is 2.20. The SMILES string of the molecule is CCNc1ncnc(NCc2nccs2)c1C(C)C. The summed E-state index contributed by atoms with van der Waals surface area (Å²) in [7, 11) is 0. The minimum Gasteiger partial charge on any atom is -0.370 e. The maximum absolute atomic E-state index is 4.36. The van der Waals surface area contributed by atoms with Gasteiger partial charge in [-0.1, -0.05) is 13.8 Å². The summed E-state index contributed by atoms with van der Waals surface area (Å²) in [5, 5.41) is 9.67. The molecule has 0 amide bonds. The Bertz CT molecular complexity index is 510. The van der Waals surface area contributed by atoms with Crippen LogP contribution in [0.15, 0.2) is 17.9 Å². The van der Waals surface area contributed by atoms with Crippen LogP contribution in [0, 0.1) is 0 Å². The summed E-state index contributed by atoms with van der Waals surface area (Å²) in [6, 6.07) is 0. The molecule has 5 nitrogen and oxygen atoms in total. The lowest BCUT2D eigenvalue weighted by Crippen LogP contribution is -2.11. The molecule has 2 aromatic heterocycles. The Labute approximate surface area is 117 Å². The van der Waals surface area contributed by atoms with Crippen LogP contribution in [0.4, 0.5) is 11.6 Å². The van der Waals surface area contributed by atoms with Gasteiger partial charge in [0, 0.05) is 23.7 Å². The zero-order chi connectivity index (χ0) is 13.7. The molecule has 0 fully saturated rings. The molecule has 0 aromatic carbocycles. The van der Waals surface area contributed by atoms with Crippen LogP contribution >= 0.6 is 11.3 Å². The van der Waals surface area contributed by atoms with E-state index in [0.717, 1.165) is 28.8 Å². The summed E-state index contributed by atoms with van der Waals surface area (Å²) in [5.41, 5.74) is 1.13. The molecule has 2 rings (SSSR count). The highest BCUT2D eigenvalue weighted by atomic mass is 32.1. The molecule has 19 heavy (non-hydrogen) atoms. The van der Waals surface area contributed by atoms with Crippen molar-refractivity contribution in [3.63, 3.8) is 0 Å². The second-order valence-corrected chi connectivity index (χ2v) is 5.43. The van der Waals surface area contributed by atoms with Gasteiger partial charge in [-0.05, 0) is 12.8 Å². The van der Waals surface area contributed by atoms with Gasteiger partial charge in [0.05, 0.1) is 6.54 Å². The summed E-state index contributed by atoms with van der Waals surface area (Å²) in [4.78, 5) is 12.9. The molecule has 2 N–H and O–H groups in total. The summed E-state index contributed by atoms with van der Waals surface area (Å²) in [6.07, 6.45) is 3.41. The van der Waals surface area contributed by atoms with Crippen molar-refractivity contribution < 1.29 is 0 Å². The summed E-state index contributed by atoms with van der Waals surface area (Å²) in [5.74, 6) is 2.15. The molecule has 0 bridgehead atoms. The van der Waals surface area contributed by atoms with Crippen LogP contribution in [0.2, 0.25) is 0 Å². The van der Waals surface area contributed by atoms with E-state index in [4.69, 9.17) is 0 Å². The molecular formula is C13H19N5S. The van der Waals surface area contributed by atoms with Gasteiger partial charge in [0.1, 0.15) is 23.0 Å². The van der Waals surface area contributed by atoms with Gasteiger partial charge in [0.2, 0.25) is 0 Å². The topological polar surface area (TPSA) is 62.7 Å². The lowest BCUT2D eigenvalue weighted by Gasteiger charge is -2.16. The quantitative estimate of drug-likeness (QED) is 0.849. The number of nitrogens with one attached hydrogen (secondary N) is 2. The number of anilines is 2. The molecule has 102 valence electrons. The van der Waals surface area contributed by atoms with Crippen LogP contribution < -0.4 is 10.6 Å². The van der Waals surface area contributed by atoms with Gasteiger partial charge in [0.15, 0.2) is 0 Å². The number of aromatic nitrogens is 3. The van der Waals surface area contributed by atoms with Crippen molar-refractivity contribution in [2.75, 3.05) is 17.2 Å². The van der Waals surface area contributed by atoms with Crippen LogP contribution in [0.25, 0.3) is 0 Å². The fraction of sp³-hybridized carbons (Fsp3) is 0.462. The van der Waals surface area contributed by atoms with E-state index < -0.39 is 0 Å². The van der Waals surface area contributed by atoms with Crippen molar-refractivity contribution in [1.82, 2.24) is 15.0 Å². The van der Waals surface area contributed by atoms with Gasteiger partial charge >= 0.3 is 0 Å². The van der Waals surface area contributed by atoms with Crippen molar-refractivity contribution in [3.05, 3.63) is 28.5 Å². The highest BCUT2D eigenvalue weighted by molar-refractivity contribution is 7.09. The largest absolute Gasteiger partial charge is 0.370 e. The van der Waals surface area contributed by atoms with Crippen LogP contribution in [0.3, 0.4) is 0 Å². The average molecular weight is 277 g/mol. The maximum Gasteiger partial charge on any atom is 0.135 e. The zero-order valence-electron chi connectivity index (χ0n) is 11.5. The average Bonchev–Trinajstić information content (AvgIpc) is 2.89. The second-order valence-electron chi connectivity index (χ2n) is 4.45. The summed E-state index contributed by atoms with van der Waals surface area (Å²) in [6.45, 7) is 7.90. The van der Waals surface area contributed by atoms with E-state index >= 15 is 0 Å². The first-order chi connectivity index (χ1) is 9.22. The van der Waals surface area contributed by atoms with Crippen LogP contribution in [-0.2, 0) is 6.54 Å². The van der Waals surface area contributed by atoms with Gasteiger partial charge in [-0.25, -0.2) is 15.0 Å². The molecule has 0 aliphatic rings. The third-order valence-electron chi connectivity index (χ3n) is 2.70. The normalized spacial score (nSPS) is 10.7. The van der Waals surface area contributed by atoms with E-state index in [-0.39, 0.29) is 0 Å². The predicted molar refractivity (Wildman–Crippen MR) is 79.7 cm³/mol. The fourth-order valence-electron chi connectivity index (χ4n) is 1.89. The minimum atomic E-state index is 0.356. The Morgan fingerprint density at radius 2 is 1.89 bits per heavy atom. The first kappa shape index (κ1) is 13.7. The number of rotatable bonds is 6. The van der Waals surface area contributed by atoms with Crippen LogP contribution in [0.5, 0.6) is 0 Å². The molecule has 0 spiro atoms. The molecule has 0 saturated heterocycles. The van der Waals surface area contributed by atoms with Crippen molar-refractivity contribution in [3.8, 4) is 0 Å². The van der Waals surface area contributed by atoms with Gasteiger partial charge in [0.25, 0.3) is 0 Å². The molecule has 0 unspecified atom stereocenters. The molecule has 0 saturated carbocycles. The third kappa shape index (κ3) is 3.41. The molecular weight excluding hydrogens is 258 g/mol. The van der Waals surface area contributed by atoms with E-state index in [0.29, 0.717) is 12.5 Å². The smallest absolute Gasteiger partial charge is 0.135 e. The van der Waals surface area contributed by atoms with Crippen LogP contribution in [-0.4, -0.2) is 21.5 Å². The highest BCUT2D eigenvalue weighted by Crippen LogP contribution is 2.28. The van der Waals surface area contributed by atoms with Crippen LogP contribution in [0.1, 0.15) is 37.3 Å². The number of hydrogen-bond donors (Lipinski definition) is 2. The van der Waals surface area contributed by atoms with Crippen molar-refractivity contribution in [2.24, 2.45) is 0 Å². The van der Waals surface area contributed by atoms with Gasteiger partial charge in [-0.2, -0.15) is 0 Å². The Hall–Kier alpha value is -1.69. The molecule has 6 heteroatoms. The number of nitrogens with zero attached hydrogens (tertiary/aromatic N) is 3. The zero-order valence-corrected chi connectivity index (χ0v) is 12.3. The van der Waals surface area contributed by atoms with E-state index in [1.54, 1.807) is 17.7 Å². The number of thiazole rings is 1. The lowest BCUT2D eigenvalue weighted by molar-refractivity contribution is 0.843. The molecule has 0 atom stereocenters. The summed E-state index contributed by atoms with van der Waals surface area (Å²) < 4.78 is 0. The van der Waals surface area contributed by atoms with Crippen molar-refractivity contribution in [1.29, 1.82) is 0 Å². The van der Waals surface area contributed by atoms with E-state index in [2.05, 4.69) is 46.4 Å². The monoisotopic (exact) mass is 277 g/mol. The molecule has 0 radical (unpaired) electrons. The van der Waals surface area contributed by atoms with E-state index in [1.807, 2.05) is 11.6 Å². The summed E-state index contributed by atoms with van der Waals surface area (Å²) >= 11 is 1.64. The van der Waals surface area contributed by atoms with Gasteiger partial charge in [-0.15, -0.1) is 11.3 Å². The third-order valence-corrected chi connectivity index (χ3v) is 3.48. The Kier molecular flexibility index (Phi) is 4.68. The second kappa shape index (κ2) is 6.47. The van der Waals surface area contributed by atoms with Gasteiger partial charge < -0.3 is 10.6 Å². The van der Waals surface area contributed by atoms with Crippen molar-refractivity contribution in [2.45, 2.75) is 33.2 Å². The van der Waals surface area contributed by atoms with Gasteiger partial charge in [-0.3, -0.25) is 0 Å². The minimum absolute atomic E-state index is 0.356. The predicted octanol–water partition coefficient (Wildman–Crippen LogP) is 3.10. The van der Waals surface area contributed by atoms with E-state index in [1.165, 1.54) is 0 Å². The Morgan fingerprint density at radius 1 is 1.16 bits per heavy atom. The van der Waals surface area contributed by atoms with E-state index in [9.17, 15) is 0 Å². The first-order valence-electron chi connectivity index (χ1n) is 6.43. The lowest BCUT2D eigenvalue weighted by atomic mass is 10.0. The first-order valence-corrected chi connectivity index (χ1v) is 7.31. The Morgan fingerprint density at radius 3 is 2.47 bits per heavy atom. The molecule has 0 aliphatic carbocycles. The maximum atomic E-state index is 4.36. The standard InChI is InChI=1S/C13H19N5S/c1-4-14-12-11(9(2)3)13(18-8-17-12)16-7-10-15-5-6-19-10/h5-6,8-9H,4,7H2,1-3H3,(H2,14,16,17,18). The highest BCUT2D eigenvalue weighted by Gasteiger charge is 2.14. The molecule has 2 heterocycles. The molecule has 0 aliphatic heterocycles.